The van der Waals surface area contributed by atoms with Gasteiger partial charge in [0.1, 0.15) is 0 Å². The maximum atomic E-state index is 3.37. The molecular weight excluding hydrogens is 204 g/mol. The summed E-state index contributed by atoms with van der Waals surface area (Å²) < 4.78 is 0. The Morgan fingerprint density at radius 2 is 2.27 bits per heavy atom. The maximum Gasteiger partial charge on any atom is 0.0331 e. The molecule has 0 atom stereocenters. The Kier molecular flexibility index (Phi) is 5.91. The Bertz CT molecular complexity index is 244. The summed E-state index contributed by atoms with van der Waals surface area (Å²) in [5.74, 6) is 0. The van der Waals surface area contributed by atoms with Crippen LogP contribution in [0.1, 0.15) is 25.6 Å². The molecule has 0 aliphatic heterocycles. The van der Waals surface area contributed by atoms with Crippen LogP contribution < -0.4 is 5.32 Å². The van der Waals surface area contributed by atoms with Crippen molar-refractivity contribution in [3.05, 3.63) is 22.4 Å². The van der Waals surface area contributed by atoms with Crippen molar-refractivity contribution in [1.29, 1.82) is 0 Å². The average molecular weight is 226 g/mol. The molecule has 1 rings (SSSR count). The molecule has 0 amide bonds. The van der Waals surface area contributed by atoms with E-state index in [-0.39, 0.29) is 0 Å². The summed E-state index contributed by atoms with van der Waals surface area (Å²) in [6.07, 6.45) is 0. The highest BCUT2D eigenvalue weighted by molar-refractivity contribution is 7.09. The quantitative estimate of drug-likeness (QED) is 0.719. The third kappa shape index (κ3) is 4.78. The summed E-state index contributed by atoms with van der Waals surface area (Å²) in [4.78, 5) is 3.97. The van der Waals surface area contributed by atoms with E-state index in [0.29, 0.717) is 6.04 Å². The molecule has 0 bridgehead atoms. The summed E-state index contributed by atoms with van der Waals surface area (Å²) in [6.45, 7) is 11.0. The zero-order chi connectivity index (χ0) is 11.1. The van der Waals surface area contributed by atoms with Crippen LogP contribution in [0.25, 0.3) is 0 Å². The van der Waals surface area contributed by atoms with Gasteiger partial charge in [-0.15, -0.1) is 11.3 Å². The van der Waals surface area contributed by atoms with Crippen LogP contribution in [0.5, 0.6) is 0 Å². The second kappa shape index (κ2) is 6.99. The Morgan fingerprint density at radius 3 is 2.80 bits per heavy atom. The largest absolute Gasteiger partial charge is 0.316 e. The average Bonchev–Trinajstić information content (AvgIpc) is 2.69. The third-order valence-electron chi connectivity index (χ3n) is 2.50. The molecule has 0 saturated carbocycles. The van der Waals surface area contributed by atoms with Gasteiger partial charge in [-0.2, -0.15) is 0 Å². The molecule has 1 aromatic heterocycles. The van der Waals surface area contributed by atoms with Crippen molar-refractivity contribution in [1.82, 2.24) is 10.2 Å². The summed E-state index contributed by atoms with van der Waals surface area (Å²) in [7, 11) is 0. The molecule has 0 unspecified atom stereocenters. The highest BCUT2D eigenvalue weighted by Crippen LogP contribution is 2.13. The van der Waals surface area contributed by atoms with E-state index < -0.39 is 0 Å². The first-order valence-electron chi connectivity index (χ1n) is 5.71. The van der Waals surface area contributed by atoms with E-state index in [2.05, 4.69) is 48.5 Å². The van der Waals surface area contributed by atoms with E-state index in [9.17, 15) is 0 Å². The lowest BCUT2D eigenvalue weighted by atomic mass is 10.3. The van der Waals surface area contributed by atoms with E-state index in [1.165, 1.54) is 4.88 Å². The first-order valence-corrected chi connectivity index (χ1v) is 6.59. The topological polar surface area (TPSA) is 15.3 Å². The van der Waals surface area contributed by atoms with Crippen molar-refractivity contribution < 1.29 is 0 Å². The van der Waals surface area contributed by atoms with Crippen molar-refractivity contribution in [2.45, 2.75) is 33.4 Å². The number of thiophene rings is 1. The molecule has 0 fully saturated rings. The van der Waals surface area contributed by atoms with Gasteiger partial charge in [0, 0.05) is 30.6 Å². The highest BCUT2D eigenvalue weighted by atomic mass is 32.1. The molecule has 0 spiro atoms. The molecule has 1 heterocycles. The van der Waals surface area contributed by atoms with Crippen LogP contribution in [0.2, 0.25) is 0 Å². The second-order valence-electron chi connectivity index (χ2n) is 4.00. The van der Waals surface area contributed by atoms with Crippen LogP contribution in [0.4, 0.5) is 0 Å². The molecule has 0 aromatic carbocycles. The van der Waals surface area contributed by atoms with Gasteiger partial charge in [-0.25, -0.2) is 0 Å². The Balaban J connectivity index is 2.37. The summed E-state index contributed by atoms with van der Waals surface area (Å²) in [5.41, 5.74) is 0. The zero-order valence-electron chi connectivity index (χ0n) is 9.99. The number of hydrogen-bond donors (Lipinski definition) is 1. The van der Waals surface area contributed by atoms with E-state index in [4.69, 9.17) is 0 Å². The first kappa shape index (κ1) is 12.7. The molecule has 0 aliphatic carbocycles. The fraction of sp³-hybridized carbons (Fsp3) is 0.667. The fourth-order valence-corrected chi connectivity index (χ4v) is 2.25. The summed E-state index contributed by atoms with van der Waals surface area (Å²) >= 11 is 1.85. The van der Waals surface area contributed by atoms with Crippen molar-refractivity contribution in [3.63, 3.8) is 0 Å². The first-order chi connectivity index (χ1) is 7.24. The summed E-state index contributed by atoms with van der Waals surface area (Å²) in [5, 5.41) is 5.53. The Morgan fingerprint density at radius 1 is 1.47 bits per heavy atom. The van der Waals surface area contributed by atoms with Gasteiger partial charge in [0.05, 0.1) is 0 Å². The van der Waals surface area contributed by atoms with Gasteiger partial charge in [-0.3, -0.25) is 4.90 Å². The van der Waals surface area contributed by atoms with Crippen molar-refractivity contribution in [3.8, 4) is 0 Å². The molecule has 1 N–H and O–H groups in total. The third-order valence-corrected chi connectivity index (χ3v) is 3.36. The molecule has 0 saturated heterocycles. The fourth-order valence-electron chi connectivity index (χ4n) is 1.52. The van der Waals surface area contributed by atoms with Gasteiger partial charge in [-0.05, 0) is 31.8 Å². The van der Waals surface area contributed by atoms with Gasteiger partial charge < -0.3 is 5.32 Å². The minimum absolute atomic E-state index is 0.616. The van der Waals surface area contributed by atoms with Crippen molar-refractivity contribution >= 4 is 11.3 Å². The van der Waals surface area contributed by atoms with Gasteiger partial charge in [0.25, 0.3) is 0 Å². The molecule has 15 heavy (non-hydrogen) atoms. The Labute approximate surface area is 97.3 Å². The van der Waals surface area contributed by atoms with Gasteiger partial charge >= 0.3 is 0 Å². The molecule has 0 radical (unpaired) electrons. The number of hydrogen-bond acceptors (Lipinski definition) is 3. The SMILES string of the molecule is CCNCCN(Cc1cccs1)C(C)C. The monoisotopic (exact) mass is 226 g/mol. The Hall–Kier alpha value is -0.380. The lowest BCUT2D eigenvalue weighted by Gasteiger charge is -2.25. The van der Waals surface area contributed by atoms with Crippen LogP contribution in [0.3, 0.4) is 0 Å². The van der Waals surface area contributed by atoms with Crippen LogP contribution in [-0.2, 0) is 6.54 Å². The molecule has 2 nitrogen and oxygen atoms in total. The van der Waals surface area contributed by atoms with Crippen LogP contribution >= 0.6 is 11.3 Å². The highest BCUT2D eigenvalue weighted by Gasteiger charge is 2.09. The van der Waals surface area contributed by atoms with E-state index in [1.54, 1.807) is 0 Å². The molecule has 0 aliphatic rings. The molecule has 86 valence electrons. The predicted molar refractivity (Wildman–Crippen MR) is 68.4 cm³/mol. The summed E-state index contributed by atoms with van der Waals surface area (Å²) in [6, 6.07) is 4.96. The normalized spacial score (nSPS) is 11.5. The van der Waals surface area contributed by atoms with Crippen LogP contribution in [0.15, 0.2) is 17.5 Å². The number of nitrogens with one attached hydrogen (secondary N) is 1. The molecule has 3 heteroatoms. The molecular formula is C12H22N2S. The lowest BCUT2D eigenvalue weighted by molar-refractivity contribution is 0.215. The van der Waals surface area contributed by atoms with E-state index in [1.807, 2.05) is 11.3 Å². The zero-order valence-corrected chi connectivity index (χ0v) is 10.8. The van der Waals surface area contributed by atoms with Crippen molar-refractivity contribution in [2.75, 3.05) is 19.6 Å². The minimum Gasteiger partial charge on any atom is -0.316 e. The standard InChI is InChI=1S/C12H22N2S/c1-4-13-7-8-14(11(2)3)10-12-6-5-9-15-12/h5-6,9,11,13H,4,7-8,10H2,1-3H3. The smallest absolute Gasteiger partial charge is 0.0331 e. The second-order valence-corrected chi connectivity index (χ2v) is 5.03. The predicted octanol–water partition coefficient (Wildman–Crippen LogP) is 2.57. The van der Waals surface area contributed by atoms with Gasteiger partial charge in [0.15, 0.2) is 0 Å². The van der Waals surface area contributed by atoms with E-state index >= 15 is 0 Å². The number of nitrogens with zero attached hydrogens (tertiary/aromatic N) is 1. The maximum absolute atomic E-state index is 3.37. The van der Waals surface area contributed by atoms with Crippen LogP contribution in [0, 0.1) is 0 Å². The number of rotatable bonds is 7. The van der Waals surface area contributed by atoms with Gasteiger partial charge in [0.2, 0.25) is 0 Å². The van der Waals surface area contributed by atoms with E-state index in [0.717, 1.165) is 26.2 Å². The molecule has 1 aromatic rings. The van der Waals surface area contributed by atoms with Gasteiger partial charge in [-0.1, -0.05) is 13.0 Å². The minimum atomic E-state index is 0.616. The van der Waals surface area contributed by atoms with Crippen LogP contribution in [-0.4, -0.2) is 30.6 Å². The van der Waals surface area contributed by atoms with Crippen molar-refractivity contribution in [2.24, 2.45) is 0 Å². The number of likely N-dealkylation sites (N-methyl/N-ethyl adjacent to an activating group) is 1. The lowest BCUT2D eigenvalue weighted by Crippen LogP contribution is -2.36.